The summed E-state index contributed by atoms with van der Waals surface area (Å²) in [6, 6.07) is 0. The standard InChI is InChI=1S/C20H30O8/c1-5-6-7-8-14(21)10-9-13-11-15(18(24)27-3)17(23)20(13,19(25)28-4)12-16(22)26-2/h9-10,13-15,21H,5-8,11-12H2,1-4H3/t13-,14?,15-,20?/m0/s1. The number of aliphatic hydroxyl groups excluding tert-OH is 1. The van der Waals surface area contributed by atoms with Gasteiger partial charge in [0.25, 0.3) is 0 Å². The second-order valence-electron chi connectivity index (χ2n) is 6.95. The second kappa shape index (κ2) is 10.9. The maximum atomic E-state index is 13.0. The van der Waals surface area contributed by atoms with Gasteiger partial charge in [0.1, 0.15) is 11.3 Å². The van der Waals surface area contributed by atoms with E-state index in [1.165, 1.54) is 12.2 Å². The third kappa shape index (κ3) is 5.19. The van der Waals surface area contributed by atoms with E-state index < -0.39 is 53.5 Å². The van der Waals surface area contributed by atoms with Crippen LogP contribution in [0.25, 0.3) is 0 Å². The van der Waals surface area contributed by atoms with E-state index in [0.717, 1.165) is 40.6 Å². The van der Waals surface area contributed by atoms with Crippen LogP contribution >= 0.6 is 0 Å². The Labute approximate surface area is 165 Å². The number of rotatable bonds is 10. The molecule has 0 amide bonds. The van der Waals surface area contributed by atoms with E-state index >= 15 is 0 Å². The minimum Gasteiger partial charge on any atom is -0.469 e. The fraction of sp³-hybridized carbons (Fsp3) is 0.700. The largest absolute Gasteiger partial charge is 0.469 e. The minimum absolute atomic E-state index is 0.0181. The lowest BCUT2D eigenvalue weighted by atomic mass is 9.73. The molecule has 1 aliphatic rings. The molecule has 1 fully saturated rings. The number of ketones is 1. The van der Waals surface area contributed by atoms with Crippen LogP contribution in [0, 0.1) is 17.3 Å². The summed E-state index contributed by atoms with van der Waals surface area (Å²) in [6.45, 7) is 2.05. The molecule has 1 rings (SSSR count). The molecular weight excluding hydrogens is 368 g/mol. The molecule has 1 aliphatic carbocycles. The van der Waals surface area contributed by atoms with Gasteiger partial charge in [-0.1, -0.05) is 38.3 Å². The van der Waals surface area contributed by atoms with E-state index in [9.17, 15) is 24.3 Å². The summed E-state index contributed by atoms with van der Waals surface area (Å²) in [5.41, 5.74) is -1.89. The zero-order valence-corrected chi connectivity index (χ0v) is 16.9. The number of aliphatic hydroxyl groups is 1. The quantitative estimate of drug-likeness (QED) is 0.194. The highest BCUT2D eigenvalue weighted by Gasteiger charge is 2.62. The molecule has 158 valence electrons. The summed E-state index contributed by atoms with van der Waals surface area (Å²) < 4.78 is 14.1. The molecule has 0 aromatic heterocycles. The van der Waals surface area contributed by atoms with E-state index in [1.807, 2.05) is 0 Å². The summed E-state index contributed by atoms with van der Waals surface area (Å²) in [4.78, 5) is 49.7. The summed E-state index contributed by atoms with van der Waals surface area (Å²) in [6.07, 6.45) is 5.06. The van der Waals surface area contributed by atoms with Crippen molar-refractivity contribution in [3.63, 3.8) is 0 Å². The van der Waals surface area contributed by atoms with Crippen LogP contribution in [-0.2, 0) is 33.4 Å². The van der Waals surface area contributed by atoms with Gasteiger partial charge in [0.2, 0.25) is 0 Å². The van der Waals surface area contributed by atoms with Crippen molar-refractivity contribution in [2.45, 2.75) is 51.6 Å². The van der Waals surface area contributed by atoms with Crippen LogP contribution in [0.5, 0.6) is 0 Å². The molecule has 0 saturated heterocycles. The Bertz CT molecular complexity index is 611. The van der Waals surface area contributed by atoms with Gasteiger partial charge in [-0.2, -0.15) is 0 Å². The normalized spacial score (nSPS) is 25.5. The fourth-order valence-electron chi connectivity index (χ4n) is 3.63. The lowest BCUT2D eigenvalue weighted by Crippen LogP contribution is -2.45. The first-order valence-corrected chi connectivity index (χ1v) is 9.42. The zero-order chi connectivity index (χ0) is 21.3. The average molecular weight is 398 g/mol. The Balaban J connectivity index is 3.25. The monoisotopic (exact) mass is 398 g/mol. The molecule has 0 bridgehead atoms. The van der Waals surface area contributed by atoms with Crippen LogP contribution < -0.4 is 0 Å². The molecule has 8 heteroatoms. The molecule has 8 nitrogen and oxygen atoms in total. The molecule has 0 aromatic rings. The lowest BCUT2D eigenvalue weighted by Gasteiger charge is -2.28. The van der Waals surface area contributed by atoms with Crippen molar-refractivity contribution in [2.75, 3.05) is 21.3 Å². The van der Waals surface area contributed by atoms with Gasteiger partial charge in [0, 0.05) is 5.92 Å². The SMILES string of the molecule is CCCCCC(O)C=C[C@H]1C[C@H](C(=O)OC)C(=O)C1(CC(=O)OC)C(=O)OC. The van der Waals surface area contributed by atoms with Gasteiger partial charge in [0.05, 0.1) is 33.9 Å². The number of Topliss-reactive ketones (excluding diaryl/α,β-unsaturated/α-hetero) is 1. The number of allylic oxidation sites excluding steroid dienone is 1. The van der Waals surface area contributed by atoms with Gasteiger partial charge in [-0.3, -0.25) is 19.2 Å². The highest BCUT2D eigenvalue weighted by molar-refractivity contribution is 6.15. The van der Waals surface area contributed by atoms with Crippen molar-refractivity contribution in [2.24, 2.45) is 17.3 Å². The van der Waals surface area contributed by atoms with Crippen molar-refractivity contribution in [1.29, 1.82) is 0 Å². The summed E-state index contributed by atoms with van der Waals surface area (Å²) >= 11 is 0. The van der Waals surface area contributed by atoms with Crippen LogP contribution in [0.4, 0.5) is 0 Å². The maximum absolute atomic E-state index is 13.0. The first kappa shape index (κ1) is 23.8. The highest BCUT2D eigenvalue weighted by atomic mass is 16.5. The number of hydrogen-bond donors (Lipinski definition) is 1. The van der Waals surface area contributed by atoms with Gasteiger partial charge in [-0.25, -0.2) is 0 Å². The number of unbranched alkanes of at least 4 members (excludes halogenated alkanes) is 2. The van der Waals surface area contributed by atoms with Crippen molar-refractivity contribution in [1.82, 2.24) is 0 Å². The van der Waals surface area contributed by atoms with Crippen molar-refractivity contribution in [3.8, 4) is 0 Å². The molecule has 2 unspecified atom stereocenters. The average Bonchev–Trinajstić information content (AvgIpc) is 2.97. The van der Waals surface area contributed by atoms with Gasteiger partial charge in [0.15, 0.2) is 5.78 Å². The van der Waals surface area contributed by atoms with E-state index in [-0.39, 0.29) is 6.42 Å². The van der Waals surface area contributed by atoms with Crippen LogP contribution in [0.1, 0.15) is 45.4 Å². The smallest absolute Gasteiger partial charge is 0.320 e. The highest BCUT2D eigenvalue weighted by Crippen LogP contribution is 2.48. The van der Waals surface area contributed by atoms with Crippen LogP contribution in [0.2, 0.25) is 0 Å². The Morgan fingerprint density at radius 2 is 1.86 bits per heavy atom. The van der Waals surface area contributed by atoms with Crippen molar-refractivity contribution < 1.29 is 38.5 Å². The first-order valence-electron chi connectivity index (χ1n) is 9.42. The molecule has 0 spiro atoms. The Morgan fingerprint density at radius 1 is 1.18 bits per heavy atom. The molecule has 0 radical (unpaired) electrons. The van der Waals surface area contributed by atoms with Crippen molar-refractivity contribution in [3.05, 3.63) is 12.2 Å². The first-order chi connectivity index (χ1) is 13.3. The maximum Gasteiger partial charge on any atom is 0.320 e. The van der Waals surface area contributed by atoms with Crippen LogP contribution in [-0.4, -0.2) is 56.2 Å². The Kier molecular flexibility index (Phi) is 9.31. The number of methoxy groups -OCH3 is 3. The van der Waals surface area contributed by atoms with Gasteiger partial charge >= 0.3 is 17.9 Å². The number of carbonyl (C=O) groups is 4. The number of ether oxygens (including phenoxy) is 3. The van der Waals surface area contributed by atoms with Gasteiger partial charge < -0.3 is 19.3 Å². The number of carbonyl (C=O) groups excluding carboxylic acids is 4. The third-order valence-corrected chi connectivity index (χ3v) is 5.23. The number of esters is 3. The molecule has 0 aliphatic heterocycles. The second-order valence-corrected chi connectivity index (χ2v) is 6.95. The predicted molar refractivity (Wildman–Crippen MR) is 99.0 cm³/mol. The Morgan fingerprint density at radius 3 is 2.39 bits per heavy atom. The molecule has 0 heterocycles. The van der Waals surface area contributed by atoms with Crippen LogP contribution in [0.3, 0.4) is 0 Å². The predicted octanol–water partition coefficient (Wildman–Crippen LogP) is 1.58. The van der Waals surface area contributed by atoms with Gasteiger partial charge in [-0.05, 0) is 12.8 Å². The summed E-state index contributed by atoms with van der Waals surface area (Å²) in [5, 5.41) is 10.1. The van der Waals surface area contributed by atoms with Crippen molar-refractivity contribution >= 4 is 23.7 Å². The van der Waals surface area contributed by atoms with E-state index in [4.69, 9.17) is 4.74 Å². The number of hydrogen-bond acceptors (Lipinski definition) is 8. The molecule has 1 N–H and O–H groups in total. The fourth-order valence-corrected chi connectivity index (χ4v) is 3.63. The van der Waals surface area contributed by atoms with E-state index in [1.54, 1.807) is 0 Å². The Hall–Kier alpha value is -2.22. The zero-order valence-electron chi connectivity index (χ0n) is 16.9. The summed E-state index contributed by atoms with van der Waals surface area (Å²) in [7, 11) is 3.41. The lowest BCUT2D eigenvalue weighted by molar-refractivity contribution is -0.166. The minimum atomic E-state index is -1.89. The van der Waals surface area contributed by atoms with Gasteiger partial charge in [-0.15, -0.1) is 0 Å². The molecule has 4 atom stereocenters. The summed E-state index contributed by atoms with van der Waals surface area (Å²) in [5.74, 6) is -5.19. The molecule has 28 heavy (non-hydrogen) atoms. The third-order valence-electron chi connectivity index (χ3n) is 5.23. The molecule has 1 saturated carbocycles. The topological polar surface area (TPSA) is 116 Å². The van der Waals surface area contributed by atoms with Crippen LogP contribution in [0.15, 0.2) is 12.2 Å². The van der Waals surface area contributed by atoms with E-state index in [0.29, 0.717) is 6.42 Å². The van der Waals surface area contributed by atoms with E-state index in [2.05, 4.69) is 16.4 Å². The molecule has 0 aromatic carbocycles. The molecular formula is C20H30O8.